The molecule has 1 unspecified atom stereocenters. The van der Waals surface area contributed by atoms with E-state index in [0.717, 1.165) is 26.1 Å². The topological polar surface area (TPSA) is 29.3 Å². The fraction of sp³-hybridized carbons (Fsp3) is 0.846. The Hall–Kier alpha value is -0.500. The summed E-state index contributed by atoms with van der Waals surface area (Å²) in [7, 11) is 0. The highest BCUT2D eigenvalue weighted by Gasteiger charge is 2.11. The Kier molecular flexibility index (Phi) is 8.49. The minimum Gasteiger partial charge on any atom is -0.375 e. The number of hydrogen-bond donors (Lipinski definition) is 1. The molecule has 0 aliphatic rings. The average Bonchev–Trinajstić information content (AvgIpc) is 2.25. The van der Waals surface area contributed by atoms with Gasteiger partial charge in [-0.1, -0.05) is 26.8 Å². The minimum absolute atomic E-state index is 0.600. The summed E-state index contributed by atoms with van der Waals surface area (Å²) in [4.78, 5) is 2.40. The van der Waals surface area contributed by atoms with Crippen LogP contribution in [0.3, 0.4) is 0 Å². The maximum Gasteiger partial charge on any atom is 0.0172 e. The molecule has 2 nitrogen and oxygen atoms in total. The van der Waals surface area contributed by atoms with Gasteiger partial charge in [0.25, 0.3) is 0 Å². The van der Waals surface area contributed by atoms with Crippen molar-refractivity contribution in [3.63, 3.8) is 0 Å². The fourth-order valence-corrected chi connectivity index (χ4v) is 1.85. The molecule has 90 valence electrons. The molecule has 0 aliphatic carbocycles. The zero-order chi connectivity index (χ0) is 11.7. The Labute approximate surface area is 95.5 Å². The van der Waals surface area contributed by atoms with Crippen LogP contribution in [0.4, 0.5) is 0 Å². The molecule has 0 saturated carbocycles. The zero-order valence-electron chi connectivity index (χ0n) is 10.8. The molecule has 1 atom stereocenters. The first-order chi connectivity index (χ1) is 7.17. The van der Waals surface area contributed by atoms with Gasteiger partial charge in [-0.05, 0) is 38.6 Å². The smallest absolute Gasteiger partial charge is 0.0172 e. The standard InChI is InChI=1S/C13H28N2/c1-5-11-15(6-2)13(4)12(3)9-7-8-10-14/h12H,4-11,14H2,1-3H3. The normalized spacial score (nSPS) is 12.5. The van der Waals surface area contributed by atoms with Gasteiger partial charge in [-0.15, -0.1) is 0 Å². The first kappa shape index (κ1) is 14.5. The van der Waals surface area contributed by atoms with Crippen LogP contribution in [0, 0.1) is 5.92 Å². The summed E-state index contributed by atoms with van der Waals surface area (Å²) in [5.41, 5.74) is 6.79. The summed E-state index contributed by atoms with van der Waals surface area (Å²) in [6.07, 6.45) is 4.77. The first-order valence-electron chi connectivity index (χ1n) is 6.31. The molecule has 0 fully saturated rings. The van der Waals surface area contributed by atoms with Crippen molar-refractivity contribution >= 4 is 0 Å². The van der Waals surface area contributed by atoms with Crippen LogP contribution >= 0.6 is 0 Å². The molecular weight excluding hydrogens is 184 g/mol. The van der Waals surface area contributed by atoms with Crippen molar-refractivity contribution in [3.05, 3.63) is 12.3 Å². The van der Waals surface area contributed by atoms with Gasteiger partial charge < -0.3 is 10.6 Å². The van der Waals surface area contributed by atoms with Gasteiger partial charge in [-0.3, -0.25) is 0 Å². The summed E-state index contributed by atoms with van der Waals surface area (Å²) < 4.78 is 0. The lowest BCUT2D eigenvalue weighted by atomic mass is 10.00. The second kappa shape index (κ2) is 8.78. The predicted octanol–water partition coefficient (Wildman–Crippen LogP) is 3.00. The van der Waals surface area contributed by atoms with E-state index in [2.05, 4.69) is 32.3 Å². The lowest BCUT2D eigenvalue weighted by molar-refractivity contribution is 0.315. The number of nitrogens with two attached hydrogens (primary N) is 1. The number of nitrogens with zero attached hydrogens (tertiary/aromatic N) is 1. The lowest BCUT2D eigenvalue weighted by Gasteiger charge is -2.29. The van der Waals surface area contributed by atoms with Crippen molar-refractivity contribution in [1.82, 2.24) is 4.90 Å². The van der Waals surface area contributed by atoms with E-state index in [1.807, 2.05) is 0 Å². The molecule has 0 spiro atoms. The zero-order valence-corrected chi connectivity index (χ0v) is 10.8. The number of unbranched alkanes of at least 4 members (excludes halogenated alkanes) is 1. The van der Waals surface area contributed by atoms with Crippen LogP contribution in [-0.4, -0.2) is 24.5 Å². The maximum absolute atomic E-state index is 5.49. The van der Waals surface area contributed by atoms with Crippen LogP contribution in [0.1, 0.15) is 46.5 Å². The van der Waals surface area contributed by atoms with Crippen LogP contribution in [0.25, 0.3) is 0 Å². The molecule has 0 bridgehead atoms. The molecule has 0 heterocycles. The largest absolute Gasteiger partial charge is 0.375 e. The van der Waals surface area contributed by atoms with Gasteiger partial charge in [0.1, 0.15) is 0 Å². The van der Waals surface area contributed by atoms with Crippen LogP contribution in [0.5, 0.6) is 0 Å². The van der Waals surface area contributed by atoms with Gasteiger partial charge in [0.2, 0.25) is 0 Å². The molecule has 0 aromatic carbocycles. The molecular formula is C13H28N2. The molecule has 0 aliphatic heterocycles. The van der Waals surface area contributed by atoms with Crippen LogP contribution < -0.4 is 5.73 Å². The van der Waals surface area contributed by atoms with Gasteiger partial charge in [0.05, 0.1) is 0 Å². The Morgan fingerprint density at radius 3 is 2.47 bits per heavy atom. The summed E-state index contributed by atoms with van der Waals surface area (Å²) >= 11 is 0. The summed E-state index contributed by atoms with van der Waals surface area (Å²) in [5.74, 6) is 0.600. The second-order valence-corrected chi connectivity index (χ2v) is 4.26. The molecule has 0 radical (unpaired) electrons. The Morgan fingerprint density at radius 2 is 2.00 bits per heavy atom. The first-order valence-corrected chi connectivity index (χ1v) is 6.31. The highest BCUT2D eigenvalue weighted by molar-refractivity contribution is 4.98. The monoisotopic (exact) mass is 212 g/mol. The van der Waals surface area contributed by atoms with Gasteiger partial charge in [-0.25, -0.2) is 0 Å². The van der Waals surface area contributed by atoms with Crippen LogP contribution in [0.15, 0.2) is 12.3 Å². The van der Waals surface area contributed by atoms with Crippen molar-refractivity contribution in [3.8, 4) is 0 Å². The van der Waals surface area contributed by atoms with E-state index in [0.29, 0.717) is 5.92 Å². The van der Waals surface area contributed by atoms with Crippen molar-refractivity contribution in [2.45, 2.75) is 46.5 Å². The molecule has 0 amide bonds. The van der Waals surface area contributed by atoms with Gasteiger partial charge in [0, 0.05) is 18.8 Å². The molecule has 0 rings (SSSR count). The van der Waals surface area contributed by atoms with E-state index in [1.165, 1.54) is 25.0 Å². The molecule has 2 heteroatoms. The number of rotatable bonds is 9. The van der Waals surface area contributed by atoms with Crippen molar-refractivity contribution in [2.75, 3.05) is 19.6 Å². The van der Waals surface area contributed by atoms with Gasteiger partial charge in [-0.2, -0.15) is 0 Å². The van der Waals surface area contributed by atoms with Crippen molar-refractivity contribution in [2.24, 2.45) is 11.7 Å². The average molecular weight is 212 g/mol. The second-order valence-electron chi connectivity index (χ2n) is 4.26. The minimum atomic E-state index is 0.600. The highest BCUT2D eigenvalue weighted by Crippen LogP contribution is 2.19. The fourth-order valence-electron chi connectivity index (χ4n) is 1.85. The Morgan fingerprint density at radius 1 is 1.33 bits per heavy atom. The van der Waals surface area contributed by atoms with Crippen LogP contribution in [0.2, 0.25) is 0 Å². The third-order valence-corrected chi connectivity index (χ3v) is 2.94. The van der Waals surface area contributed by atoms with Crippen molar-refractivity contribution in [1.29, 1.82) is 0 Å². The molecule has 15 heavy (non-hydrogen) atoms. The van der Waals surface area contributed by atoms with E-state index in [1.54, 1.807) is 0 Å². The summed E-state index contributed by atoms with van der Waals surface area (Å²) in [5, 5.41) is 0. The summed E-state index contributed by atoms with van der Waals surface area (Å²) in [6, 6.07) is 0. The molecule has 0 aromatic rings. The Balaban J connectivity index is 3.93. The number of allylic oxidation sites excluding steroid dienone is 1. The van der Waals surface area contributed by atoms with Gasteiger partial charge in [0.15, 0.2) is 0 Å². The number of hydrogen-bond acceptors (Lipinski definition) is 2. The Bertz CT molecular complexity index is 166. The highest BCUT2D eigenvalue weighted by atomic mass is 15.1. The SMILES string of the molecule is C=C(C(C)CCCCN)N(CC)CCC. The predicted molar refractivity (Wildman–Crippen MR) is 68.7 cm³/mol. The lowest BCUT2D eigenvalue weighted by Crippen LogP contribution is -2.26. The maximum atomic E-state index is 5.49. The van der Waals surface area contributed by atoms with Crippen LogP contribution in [-0.2, 0) is 0 Å². The quantitative estimate of drug-likeness (QED) is 0.595. The van der Waals surface area contributed by atoms with E-state index in [9.17, 15) is 0 Å². The van der Waals surface area contributed by atoms with Gasteiger partial charge >= 0.3 is 0 Å². The van der Waals surface area contributed by atoms with E-state index in [-0.39, 0.29) is 0 Å². The third-order valence-electron chi connectivity index (χ3n) is 2.94. The molecule has 2 N–H and O–H groups in total. The third kappa shape index (κ3) is 5.83. The molecule has 0 aromatic heterocycles. The van der Waals surface area contributed by atoms with E-state index in [4.69, 9.17) is 5.73 Å². The molecule has 0 saturated heterocycles. The van der Waals surface area contributed by atoms with Crippen molar-refractivity contribution < 1.29 is 0 Å². The summed E-state index contributed by atoms with van der Waals surface area (Å²) in [6.45, 7) is 13.9. The van der Waals surface area contributed by atoms with E-state index >= 15 is 0 Å². The van der Waals surface area contributed by atoms with E-state index < -0.39 is 0 Å².